The van der Waals surface area contributed by atoms with E-state index in [9.17, 15) is 9.59 Å². The van der Waals surface area contributed by atoms with Crippen molar-refractivity contribution in [3.8, 4) is 0 Å². The van der Waals surface area contributed by atoms with Crippen LogP contribution in [0.1, 0.15) is 32.3 Å². The van der Waals surface area contributed by atoms with Crippen molar-refractivity contribution < 1.29 is 14.3 Å². The number of rotatable bonds is 6. The summed E-state index contributed by atoms with van der Waals surface area (Å²) in [5, 5.41) is 5.78. The van der Waals surface area contributed by atoms with Crippen molar-refractivity contribution in [1.29, 1.82) is 0 Å². The topological polar surface area (TPSA) is 70.7 Å². The summed E-state index contributed by atoms with van der Waals surface area (Å²) in [5.41, 5.74) is 1.94. The number of aryl methyl sites for hydroxylation is 1. The molecule has 6 heteroatoms. The van der Waals surface area contributed by atoms with Crippen LogP contribution in [0.25, 0.3) is 0 Å². The lowest BCUT2D eigenvalue weighted by Gasteiger charge is -2.35. The molecule has 1 aromatic rings. The summed E-state index contributed by atoms with van der Waals surface area (Å²) < 4.78 is 5.10. The van der Waals surface area contributed by atoms with Crippen molar-refractivity contribution in [2.24, 2.45) is 5.92 Å². The average Bonchev–Trinajstić information content (AvgIpc) is 2.62. The van der Waals surface area contributed by atoms with Crippen LogP contribution in [0.2, 0.25) is 0 Å². The highest BCUT2D eigenvalue weighted by Crippen LogP contribution is 2.18. The van der Waals surface area contributed by atoms with E-state index in [0.29, 0.717) is 19.1 Å². The number of carbonyl (C=O) groups excluding carboxylic acids is 2. The molecule has 0 bridgehead atoms. The largest absolute Gasteiger partial charge is 0.465 e. The molecule has 1 fully saturated rings. The van der Waals surface area contributed by atoms with Crippen LogP contribution >= 0.6 is 0 Å². The van der Waals surface area contributed by atoms with E-state index in [0.717, 1.165) is 37.2 Å². The van der Waals surface area contributed by atoms with E-state index in [1.807, 2.05) is 45.0 Å². The van der Waals surface area contributed by atoms with Gasteiger partial charge in [0.2, 0.25) is 0 Å². The third-order valence-electron chi connectivity index (χ3n) is 4.59. The van der Waals surface area contributed by atoms with Crippen LogP contribution in [0.5, 0.6) is 0 Å². The maximum atomic E-state index is 12.0. The number of benzene rings is 1. The Morgan fingerprint density at radius 3 is 2.72 bits per heavy atom. The SMILES string of the molecule is CCOC(=O)C(C)N1CCCC(CNC(=O)Nc2ccc(C)cc2)C1. The van der Waals surface area contributed by atoms with Gasteiger partial charge in [0.15, 0.2) is 0 Å². The van der Waals surface area contributed by atoms with E-state index >= 15 is 0 Å². The molecule has 2 atom stereocenters. The molecule has 2 rings (SSSR count). The molecule has 1 aromatic carbocycles. The maximum Gasteiger partial charge on any atom is 0.323 e. The first-order valence-corrected chi connectivity index (χ1v) is 9.01. The van der Waals surface area contributed by atoms with Crippen molar-refractivity contribution in [2.75, 3.05) is 31.6 Å². The van der Waals surface area contributed by atoms with Crippen LogP contribution in [-0.2, 0) is 9.53 Å². The highest BCUT2D eigenvalue weighted by atomic mass is 16.5. The zero-order valence-electron chi connectivity index (χ0n) is 15.4. The van der Waals surface area contributed by atoms with Crippen LogP contribution < -0.4 is 10.6 Å². The number of anilines is 1. The molecule has 1 aliphatic rings. The van der Waals surface area contributed by atoms with E-state index in [1.54, 1.807) is 0 Å². The number of hydrogen-bond acceptors (Lipinski definition) is 4. The fraction of sp³-hybridized carbons (Fsp3) is 0.579. The summed E-state index contributed by atoms with van der Waals surface area (Å²) in [6, 6.07) is 7.27. The molecule has 0 aromatic heterocycles. The van der Waals surface area contributed by atoms with Gasteiger partial charge in [-0.1, -0.05) is 17.7 Å². The van der Waals surface area contributed by atoms with Gasteiger partial charge in [-0.05, 0) is 58.2 Å². The third kappa shape index (κ3) is 6.05. The minimum atomic E-state index is -0.232. The summed E-state index contributed by atoms with van der Waals surface area (Å²) in [6.45, 7) is 8.41. The van der Waals surface area contributed by atoms with Crippen molar-refractivity contribution in [3.05, 3.63) is 29.8 Å². The number of amides is 2. The quantitative estimate of drug-likeness (QED) is 0.776. The van der Waals surface area contributed by atoms with Crippen molar-refractivity contribution in [1.82, 2.24) is 10.2 Å². The Morgan fingerprint density at radius 1 is 1.32 bits per heavy atom. The number of hydrogen-bond donors (Lipinski definition) is 2. The molecular weight excluding hydrogens is 318 g/mol. The summed E-state index contributed by atoms with van der Waals surface area (Å²) in [7, 11) is 0. The smallest absolute Gasteiger partial charge is 0.323 e. The maximum absolute atomic E-state index is 12.0. The van der Waals surface area contributed by atoms with E-state index < -0.39 is 0 Å². The first-order valence-electron chi connectivity index (χ1n) is 9.01. The van der Waals surface area contributed by atoms with Crippen LogP contribution in [-0.4, -0.2) is 49.2 Å². The van der Waals surface area contributed by atoms with Gasteiger partial charge in [-0.15, -0.1) is 0 Å². The zero-order valence-corrected chi connectivity index (χ0v) is 15.4. The number of nitrogens with zero attached hydrogens (tertiary/aromatic N) is 1. The minimum Gasteiger partial charge on any atom is -0.465 e. The molecule has 1 heterocycles. The van der Waals surface area contributed by atoms with Gasteiger partial charge in [0.1, 0.15) is 6.04 Å². The number of piperidine rings is 1. The Labute approximate surface area is 149 Å². The Balaban J connectivity index is 1.77. The molecule has 1 aliphatic heterocycles. The second-order valence-corrected chi connectivity index (χ2v) is 6.63. The van der Waals surface area contributed by atoms with E-state index in [-0.39, 0.29) is 18.0 Å². The molecule has 25 heavy (non-hydrogen) atoms. The second-order valence-electron chi connectivity index (χ2n) is 6.63. The van der Waals surface area contributed by atoms with E-state index in [1.165, 1.54) is 0 Å². The van der Waals surface area contributed by atoms with Gasteiger partial charge < -0.3 is 15.4 Å². The van der Waals surface area contributed by atoms with Gasteiger partial charge in [0.05, 0.1) is 6.61 Å². The lowest BCUT2D eigenvalue weighted by atomic mass is 9.97. The lowest BCUT2D eigenvalue weighted by molar-refractivity contribution is -0.149. The first-order chi connectivity index (χ1) is 12.0. The number of urea groups is 1. The predicted molar refractivity (Wildman–Crippen MR) is 98.6 cm³/mol. The number of carbonyl (C=O) groups is 2. The lowest BCUT2D eigenvalue weighted by Crippen LogP contribution is -2.48. The molecule has 0 radical (unpaired) electrons. The monoisotopic (exact) mass is 347 g/mol. The van der Waals surface area contributed by atoms with Crippen molar-refractivity contribution >= 4 is 17.7 Å². The van der Waals surface area contributed by atoms with Crippen LogP contribution in [0.4, 0.5) is 10.5 Å². The first kappa shape index (κ1) is 19.2. The average molecular weight is 347 g/mol. The van der Waals surface area contributed by atoms with Gasteiger partial charge >= 0.3 is 12.0 Å². The Morgan fingerprint density at radius 2 is 2.04 bits per heavy atom. The molecule has 1 saturated heterocycles. The van der Waals surface area contributed by atoms with Crippen LogP contribution in [0.15, 0.2) is 24.3 Å². The highest BCUT2D eigenvalue weighted by molar-refractivity contribution is 5.89. The molecule has 2 N–H and O–H groups in total. The fourth-order valence-corrected chi connectivity index (χ4v) is 3.08. The van der Waals surface area contributed by atoms with E-state index in [4.69, 9.17) is 4.74 Å². The predicted octanol–water partition coefficient (Wildman–Crippen LogP) is 2.78. The molecule has 6 nitrogen and oxygen atoms in total. The number of esters is 1. The molecule has 2 unspecified atom stereocenters. The van der Waals surface area contributed by atoms with Gasteiger partial charge in [-0.3, -0.25) is 9.69 Å². The molecule has 138 valence electrons. The van der Waals surface area contributed by atoms with Crippen LogP contribution in [0.3, 0.4) is 0 Å². The molecular formula is C19H29N3O3. The molecule has 2 amide bonds. The van der Waals surface area contributed by atoms with Crippen molar-refractivity contribution in [2.45, 2.75) is 39.7 Å². The summed E-state index contributed by atoms with van der Waals surface area (Å²) >= 11 is 0. The Bertz CT molecular complexity index is 574. The Kier molecular flexibility index (Phi) is 7.25. The number of ether oxygens (including phenoxy) is 1. The Hall–Kier alpha value is -2.08. The summed E-state index contributed by atoms with van der Waals surface area (Å²) in [6.07, 6.45) is 2.08. The number of likely N-dealkylation sites (tertiary alicyclic amines) is 1. The fourth-order valence-electron chi connectivity index (χ4n) is 3.08. The summed E-state index contributed by atoms with van der Waals surface area (Å²) in [5.74, 6) is 0.169. The van der Waals surface area contributed by atoms with Gasteiger partial charge in [-0.2, -0.15) is 0 Å². The molecule has 0 saturated carbocycles. The van der Waals surface area contributed by atoms with Gasteiger partial charge in [0, 0.05) is 18.8 Å². The minimum absolute atomic E-state index is 0.173. The molecule has 0 spiro atoms. The third-order valence-corrected chi connectivity index (χ3v) is 4.59. The van der Waals surface area contributed by atoms with Gasteiger partial charge in [-0.25, -0.2) is 4.79 Å². The van der Waals surface area contributed by atoms with Crippen LogP contribution in [0, 0.1) is 12.8 Å². The number of nitrogens with one attached hydrogen (secondary N) is 2. The summed E-state index contributed by atoms with van der Waals surface area (Å²) in [4.78, 5) is 26.1. The zero-order chi connectivity index (χ0) is 18.2. The standard InChI is InChI=1S/C19H29N3O3/c1-4-25-18(23)15(3)22-11-5-6-16(13-22)12-20-19(24)21-17-9-7-14(2)8-10-17/h7-10,15-16H,4-6,11-13H2,1-3H3,(H2,20,21,24). The second kappa shape index (κ2) is 9.42. The van der Waals surface area contributed by atoms with E-state index in [2.05, 4.69) is 15.5 Å². The molecule has 0 aliphatic carbocycles. The van der Waals surface area contributed by atoms with Crippen molar-refractivity contribution in [3.63, 3.8) is 0 Å². The highest BCUT2D eigenvalue weighted by Gasteiger charge is 2.28. The normalized spacial score (nSPS) is 19.1. The van der Waals surface area contributed by atoms with Gasteiger partial charge in [0.25, 0.3) is 0 Å².